The Morgan fingerprint density at radius 2 is 1.85 bits per heavy atom. The number of carboxylic acids is 1. The minimum atomic E-state index is -3.68. The Morgan fingerprint density at radius 1 is 1.25 bits per heavy atom. The first-order chi connectivity index (χ1) is 9.12. The number of carbonyl (C=O) groups is 1. The first-order valence-corrected chi connectivity index (χ1v) is 8.06. The summed E-state index contributed by atoms with van der Waals surface area (Å²) in [7, 11) is -3.68. The molecule has 0 bridgehead atoms. The van der Waals surface area contributed by atoms with E-state index in [2.05, 4.69) is 4.72 Å². The largest absolute Gasteiger partial charge is 0.480 e. The first-order valence-electron chi connectivity index (χ1n) is 6.41. The Hall–Kier alpha value is -1.40. The van der Waals surface area contributed by atoms with Crippen LogP contribution in [-0.4, -0.2) is 25.5 Å². The molecule has 1 atom stereocenters. The zero-order valence-corrected chi connectivity index (χ0v) is 13.0. The third-order valence-corrected chi connectivity index (χ3v) is 4.49. The quantitative estimate of drug-likeness (QED) is 0.839. The molecule has 0 aromatic heterocycles. The average Bonchev–Trinajstić information content (AvgIpc) is 2.30. The summed E-state index contributed by atoms with van der Waals surface area (Å²) in [6.45, 7) is 7.19. The van der Waals surface area contributed by atoms with Gasteiger partial charge >= 0.3 is 5.97 Å². The van der Waals surface area contributed by atoms with Gasteiger partial charge in [-0.25, -0.2) is 13.1 Å². The second kappa shape index (κ2) is 6.37. The van der Waals surface area contributed by atoms with Gasteiger partial charge in [0.25, 0.3) is 0 Å². The van der Waals surface area contributed by atoms with Gasteiger partial charge < -0.3 is 5.11 Å². The summed E-state index contributed by atoms with van der Waals surface area (Å²) in [5.41, 5.74) is 2.74. The van der Waals surface area contributed by atoms with Crippen molar-refractivity contribution >= 4 is 16.0 Å². The van der Waals surface area contributed by atoms with Crippen molar-refractivity contribution in [3.63, 3.8) is 0 Å². The molecule has 0 amide bonds. The summed E-state index contributed by atoms with van der Waals surface area (Å²) < 4.78 is 26.3. The second-order valence-corrected chi connectivity index (χ2v) is 7.11. The molecule has 0 fully saturated rings. The number of benzene rings is 1. The minimum absolute atomic E-state index is 0.218. The molecule has 0 saturated carbocycles. The van der Waals surface area contributed by atoms with E-state index in [1.165, 1.54) is 0 Å². The van der Waals surface area contributed by atoms with Crippen molar-refractivity contribution in [2.24, 2.45) is 5.92 Å². The number of nitrogens with one attached hydrogen (secondary N) is 1. The topological polar surface area (TPSA) is 83.5 Å². The number of aryl methyl sites for hydroxylation is 2. The summed E-state index contributed by atoms with van der Waals surface area (Å²) in [5.74, 6) is -1.70. The highest BCUT2D eigenvalue weighted by molar-refractivity contribution is 7.88. The zero-order valence-electron chi connectivity index (χ0n) is 12.2. The number of rotatable bonds is 6. The van der Waals surface area contributed by atoms with Gasteiger partial charge in [-0.05, 0) is 36.5 Å². The van der Waals surface area contributed by atoms with Gasteiger partial charge in [-0.3, -0.25) is 4.79 Å². The number of carboxylic acid groups (broad SMARTS) is 1. The van der Waals surface area contributed by atoms with Crippen LogP contribution in [0.1, 0.15) is 30.5 Å². The van der Waals surface area contributed by atoms with Gasteiger partial charge in [-0.1, -0.05) is 32.0 Å². The van der Waals surface area contributed by atoms with E-state index in [9.17, 15) is 13.2 Å². The molecule has 0 aliphatic rings. The summed E-state index contributed by atoms with van der Waals surface area (Å²) in [6, 6.07) is 4.30. The van der Waals surface area contributed by atoms with E-state index in [0.29, 0.717) is 5.56 Å². The predicted molar refractivity (Wildman–Crippen MR) is 77.9 cm³/mol. The van der Waals surface area contributed by atoms with Gasteiger partial charge in [-0.2, -0.15) is 0 Å². The maximum Gasteiger partial charge on any atom is 0.321 e. The van der Waals surface area contributed by atoms with Crippen LogP contribution in [-0.2, 0) is 20.6 Å². The molecule has 112 valence electrons. The van der Waals surface area contributed by atoms with Gasteiger partial charge in [0.05, 0.1) is 5.75 Å². The third kappa shape index (κ3) is 4.61. The van der Waals surface area contributed by atoms with Crippen LogP contribution in [0.25, 0.3) is 0 Å². The highest BCUT2D eigenvalue weighted by Gasteiger charge is 2.26. The summed E-state index contributed by atoms with van der Waals surface area (Å²) >= 11 is 0. The van der Waals surface area contributed by atoms with Crippen molar-refractivity contribution < 1.29 is 18.3 Å². The smallest absolute Gasteiger partial charge is 0.321 e. The van der Waals surface area contributed by atoms with Crippen molar-refractivity contribution in [1.82, 2.24) is 4.72 Å². The fourth-order valence-electron chi connectivity index (χ4n) is 1.82. The van der Waals surface area contributed by atoms with E-state index in [1.54, 1.807) is 26.0 Å². The molecule has 0 spiro atoms. The zero-order chi connectivity index (χ0) is 15.5. The number of hydrogen-bond acceptors (Lipinski definition) is 3. The van der Waals surface area contributed by atoms with Crippen LogP contribution >= 0.6 is 0 Å². The lowest BCUT2D eigenvalue weighted by Gasteiger charge is -2.18. The molecule has 1 aromatic carbocycles. The number of hydrogen-bond donors (Lipinski definition) is 2. The van der Waals surface area contributed by atoms with Crippen LogP contribution in [0.4, 0.5) is 0 Å². The van der Waals surface area contributed by atoms with E-state index in [-0.39, 0.29) is 11.7 Å². The van der Waals surface area contributed by atoms with Gasteiger partial charge in [0.15, 0.2) is 0 Å². The minimum Gasteiger partial charge on any atom is -0.480 e. The molecule has 6 heteroatoms. The van der Waals surface area contributed by atoms with Gasteiger partial charge in [-0.15, -0.1) is 0 Å². The molecule has 0 aliphatic heterocycles. The summed E-state index contributed by atoms with van der Waals surface area (Å²) in [5, 5.41) is 9.03. The van der Waals surface area contributed by atoms with E-state index in [0.717, 1.165) is 11.1 Å². The second-order valence-electron chi connectivity index (χ2n) is 5.36. The van der Waals surface area contributed by atoms with Crippen molar-refractivity contribution in [3.05, 3.63) is 34.9 Å². The normalized spacial score (nSPS) is 13.4. The number of aliphatic carboxylic acids is 1. The lowest BCUT2D eigenvalue weighted by molar-refractivity contribution is -0.140. The van der Waals surface area contributed by atoms with Crippen LogP contribution in [0.5, 0.6) is 0 Å². The molecular formula is C14H21NO4S. The van der Waals surface area contributed by atoms with Crippen LogP contribution < -0.4 is 4.72 Å². The molecular weight excluding hydrogens is 278 g/mol. The third-order valence-electron chi connectivity index (χ3n) is 3.17. The molecule has 0 aliphatic carbocycles. The van der Waals surface area contributed by atoms with Crippen molar-refractivity contribution in [2.45, 2.75) is 39.5 Å². The lowest BCUT2D eigenvalue weighted by atomic mass is 10.1. The molecule has 0 radical (unpaired) electrons. The standard InChI is InChI=1S/C14H21NO4S/c1-9(2)13(14(16)17)15-20(18,19)8-12-6-5-10(3)11(4)7-12/h5-7,9,13,15H,8H2,1-4H3,(H,16,17)/t13-/m1/s1. The fourth-order valence-corrected chi connectivity index (χ4v) is 3.28. The van der Waals surface area contributed by atoms with Crippen molar-refractivity contribution in [1.29, 1.82) is 0 Å². The Kier molecular flexibility index (Phi) is 5.30. The van der Waals surface area contributed by atoms with E-state index in [4.69, 9.17) is 5.11 Å². The Morgan fingerprint density at radius 3 is 2.30 bits per heavy atom. The Bertz CT molecular complexity index is 593. The molecule has 1 rings (SSSR count). The monoisotopic (exact) mass is 299 g/mol. The lowest BCUT2D eigenvalue weighted by Crippen LogP contribution is -2.44. The average molecular weight is 299 g/mol. The van der Waals surface area contributed by atoms with Gasteiger partial charge in [0.2, 0.25) is 10.0 Å². The Balaban J connectivity index is 2.89. The first kappa shape index (κ1) is 16.7. The van der Waals surface area contributed by atoms with Crippen LogP contribution in [0.15, 0.2) is 18.2 Å². The van der Waals surface area contributed by atoms with Crippen LogP contribution in [0.3, 0.4) is 0 Å². The molecule has 2 N–H and O–H groups in total. The summed E-state index contributed by atoms with van der Waals surface area (Å²) in [4.78, 5) is 11.0. The maximum absolute atomic E-state index is 12.0. The van der Waals surface area contributed by atoms with E-state index < -0.39 is 22.0 Å². The summed E-state index contributed by atoms with van der Waals surface area (Å²) in [6.07, 6.45) is 0. The Labute approximate surface area is 120 Å². The highest BCUT2D eigenvalue weighted by atomic mass is 32.2. The molecule has 5 nitrogen and oxygen atoms in total. The van der Waals surface area contributed by atoms with Gasteiger partial charge in [0.1, 0.15) is 6.04 Å². The van der Waals surface area contributed by atoms with E-state index >= 15 is 0 Å². The highest BCUT2D eigenvalue weighted by Crippen LogP contribution is 2.13. The molecule has 0 unspecified atom stereocenters. The predicted octanol–water partition coefficient (Wildman–Crippen LogP) is 1.83. The fraction of sp³-hybridized carbons (Fsp3) is 0.500. The number of sulfonamides is 1. The van der Waals surface area contributed by atoms with E-state index in [1.807, 2.05) is 19.9 Å². The van der Waals surface area contributed by atoms with Gasteiger partial charge in [0, 0.05) is 0 Å². The van der Waals surface area contributed by atoms with Crippen molar-refractivity contribution in [2.75, 3.05) is 0 Å². The van der Waals surface area contributed by atoms with Crippen LogP contribution in [0.2, 0.25) is 0 Å². The molecule has 1 aromatic rings. The SMILES string of the molecule is Cc1ccc(CS(=O)(=O)N[C@@H](C(=O)O)C(C)C)cc1C. The molecule has 0 heterocycles. The molecule has 0 saturated heterocycles. The maximum atomic E-state index is 12.0. The van der Waals surface area contributed by atoms with Crippen molar-refractivity contribution in [3.8, 4) is 0 Å². The van der Waals surface area contributed by atoms with Crippen LogP contribution in [0, 0.1) is 19.8 Å². The molecule has 20 heavy (non-hydrogen) atoms.